The Balaban J connectivity index is 1.65. The third kappa shape index (κ3) is 2.49. The van der Waals surface area contributed by atoms with Gasteiger partial charge >= 0.3 is 0 Å². The van der Waals surface area contributed by atoms with Crippen molar-refractivity contribution >= 4 is 44.0 Å². The van der Waals surface area contributed by atoms with Gasteiger partial charge in [-0.1, -0.05) is 55.7 Å². The molecule has 0 radical (unpaired) electrons. The summed E-state index contributed by atoms with van der Waals surface area (Å²) in [5.41, 5.74) is 6.62. The molecular weight excluding hydrogens is 392 g/mol. The van der Waals surface area contributed by atoms with Crippen molar-refractivity contribution in [1.82, 2.24) is 19.1 Å². The van der Waals surface area contributed by atoms with E-state index in [9.17, 15) is 0 Å². The van der Waals surface area contributed by atoms with Crippen molar-refractivity contribution in [2.45, 2.75) is 38.1 Å². The van der Waals surface area contributed by atoms with Gasteiger partial charge in [-0.25, -0.2) is 4.98 Å². The van der Waals surface area contributed by atoms with E-state index in [1.807, 2.05) is 12.3 Å². The summed E-state index contributed by atoms with van der Waals surface area (Å²) in [6, 6.07) is 26.3. The molecule has 0 bridgehead atoms. The van der Waals surface area contributed by atoms with Crippen LogP contribution in [0.2, 0.25) is 0 Å². The van der Waals surface area contributed by atoms with E-state index in [-0.39, 0.29) is 0 Å². The highest BCUT2D eigenvalue weighted by Crippen LogP contribution is 2.39. The molecule has 0 unspecified atom stereocenters. The second-order valence-corrected chi connectivity index (χ2v) is 8.95. The van der Waals surface area contributed by atoms with Gasteiger partial charge in [-0.05, 0) is 49.2 Å². The van der Waals surface area contributed by atoms with E-state index in [4.69, 9.17) is 9.97 Å². The van der Waals surface area contributed by atoms with Gasteiger partial charge < -0.3 is 4.57 Å². The normalized spacial score (nSPS) is 15.4. The number of pyridine rings is 2. The highest BCUT2D eigenvalue weighted by Gasteiger charge is 2.23. The molecule has 1 saturated carbocycles. The van der Waals surface area contributed by atoms with E-state index in [0.29, 0.717) is 6.04 Å². The standard InChI is InChI=1S/C28H24N4/c1-3-10-19(11-4-1)31-24-15-8-7-14-21(24)22-18-23-26-25(16-9-17-29-26)32(28(23)30-27(22)31)20-12-5-2-6-13-20/h2,5-9,12-19H,1,3-4,10-11H2. The highest BCUT2D eigenvalue weighted by molar-refractivity contribution is 6.15. The van der Waals surface area contributed by atoms with E-state index in [1.165, 1.54) is 48.4 Å². The molecule has 4 heteroatoms. The average molecular weight is 417 g/mol. The van der Waals surface area contributed by atoms with Crippen LogP contribution < -0.4 is 0 Å². The maximum Gasteiger partial charge on any atom is 0.149 e. The molecule has 7 rings (SSSR count). The van der Waals surface area contributed by atoms with Crippen LogP contribution in [0.4, 0.5) is 0 Å². The summed E-state index contributed by atoms with van der Waals surface area (Å²) < 4.78 is 4.80. The van der Waals surface area contributed by atoms with E-state index in [0.717, 1.165) is 33.4 Å². The number of rotatable bonds is 2. The van der Waals surface area contributed by atoms with Gasteiger partial charge in [0.1, 0.15) is 11.3 Å². The van der Waals surface area contributed by atoms with Gasteiger partial charge in [-0.2, -0.15) is 0 Å². The number of hydrogen-bond acceptors (Lipinski definition) is 2. The fourth-order valence-electron chi connectivity index (χ4n) is 5.69. The smallest absolute Gasteiger partial charge is 0.149 e. The Kier molecular flexibility index (Phi) is 3.89. The molecule has 4 nitrogen and oxygen atoms in total. The molecule has 1 aliphatic carbocycles. The molecule has 0 saturated heterocycles. The minimum absolute atomic E-state index is 0.517. The minimum Gasteiger partial charge on any atom is -0.322 e. The molecule has 2 aromatic carbocycles. The van der Waals surface area contributed by atoms with Crippen molar-refractivity contribution < 1.29 is 0 Å². The van der Waals surface area contributed by atoms with Crippen molar-refractivity contribution in [1.29, 1.82) is 0 Å². The number of fused-ring (bicyclic) bond motifs is 6. The minimum atomic E-state index is 0.517. The number of benzene rings is 2. The first-order chi connectivity index (χ1) is 15.9. The zero-order chi connectivity index (χ0) is 21.1. The first-order valence-corrected chi connectivity index (χ1v) is 11.6. The van der Waals surface area contributed by atoms with Crippen molar-refractivity contribution in [2.24, 2.45) is 0 Å². The number of aromatic nitrogens is 4. The lowest BCUT2D eigenvalue weighted by molar-refractivity contribution is 0.366. The van der Waals surface area contributed by atoms with Gasteiger partial charge in [0.05, 0.1) is 16.6 Å². The summed E-state index contributed by atoms with van der Waals surface area (Å²) in [5, 5.41) is 3.64. The zero-order valence-corrected chi connectivity index (χ0v) is 17.9. The van der Waals surface area contributed by atoms with Crippen LogP contribution >= 0.6 is 0 Å². The molecule has 32 heavy (non-hydrogen) atoms. The molecule has 0 spiro atoms. The molecule has 1 fully saturated rings. The predicted molar refractivity (Wildman–Crippen MR) is 131 cm³/mol. The Morgan fingerprint density at radius 2 is 1.47 bits per heavy atom. The summed E-state index contributed by atoms with van der Waals surface area (Å²) >= 11 is 0. The van der Waals surface area contributed by atoms with Gasteiger partial charge in [-0.15, -0.1) is 0 Å². The molecule has 4 aromatic heterocycles. The zero-order valence-electron chi connectivity index (χ0n) is 17.9. The molecule has 0 amide bonds. The number of para-hydroxylation sites is 2. The maximum atomic E-state index is 5.39. The van der Waals surface area contributed by atoms with Crippen LogP contribution in [-0.2, 0) is 0 Å². The van der Waals surface area contributed by atoms with Crippen LogP contribution in [0.1, 0.15) is 38.1 Å². The third-order valence-electron chi connectivity index (χ3n) is 7.11. The molecule has 0 N–H and O–H groups in total. The summed E-state index contributed by atoms with van der Waals surface area (Å²) in [6.45, 7) is 0. The Hall–Kier alpha value is -3.66. The second-order valence-electron chi connectivity index (χ2n) is 8.95. The fraction of sp³-hybridized carbons (Fsp3) is 0.214. The van der Waals surface area contributed by atoms with Crippen LogP contribution in [0.3, 0.4) is 0 Å². The van der Waals surface area contributed by atoms with Gasteiger partial charge in [0, 0.05) is 34.1 Å². The van der Waals surface area contributed by atoms with Crippen molar-refractivity contribution in [3.8, 4) is 5.69 Å². The Morgan fingerprint density at radius 1 is 0.688 bits per heavy atom. The summed E-state index contributed by atoms with van der Waals surface area (Å²) in [6.07, 6.45) is 8.30. The number of nitrogens with zero attached hydrogens (tertiary/aromatic N) is 4. The first kappa shape index (κ1) is 18.0. The van der Waals surface area contributed by atoms with E-state index >= 15 is 0 Å². The molecule has 156 valence electrons. The Bertz CT molecular complexity index is 1600. The Morgan fingerprint density at radius 3 is 2.34 bits per heavy atom. The van der Waals surface area contributed by atoms with Gasteiger partial charge in [0.15, 0.2) is 0 Å². The maximum absolute atomic E-state index is 5.39. The lowest BCUT2D eigenvalue weighted by atomic mass is 9.95. The topological polar surface area (TPSA) is 35.6 Å². The monoisotopic (exact) mass is 416 g/mol. The summed E-state index contributed by atoms with van der Waals surface area (Å²) in [4.78, 5) is 10.2. The quantitative estimate of drug-likeness (QED) is 0.299. The SMILES string of the molecule is c1ccc(-n2c3cccnc3c3cc4c5ccccc5n(C5CCCCC5)c4nc32)cc1. The molecule has 0 atom stereocenters. The molecule has 6 aromatic rings. The third-order valence-corrected chi connectivity index (χ3v) is 7.11. The lowest BCUT2D eigenvalue weighted by Gasteiger charge is -2.24. The molecular formula is C28H24N4. The van der Waals surface area contributed by atoms with Crippen LogP contribution in [0.5, 0.6) is 0 Å². The molecule has 4 heterocycles. The predicted octanol–water partition coefficient (Wildman–Crippen LogP) is 7.19. The fourth-order valence-corrected chi connectivity index (χ4v) is 5.69. The van der Waals surface area contributed by atoms with Gasteiger partial charge in [0.25, 0.3) is 0 Å². The van der Waals surface area contributed by atoms with Crippen LogP contribution in [0.25, 0.3) is 49.7 Å². The summed E-state index contributed by atoms with van der Waals surface area (Å²) in [5.74, 6) is 0. The average Bonchev–Trinajstić information content (AvgIpc) is 3.36. The van der Waals surface area contributed by atoms with Crippen molar-refractivity contribution in [2.75, 3.05) is 0 Å². The largest absolute Gasteiger partial charge is 0.322 e. The first-order valence-electron chi connectivity index (χ1n) is 11.6. The Labute approximate surface area is 186 Å². The molecule has 1 aliphatic rings. The van der Waals surface area contributed by atoms with Gasteiger partial charge in [0.2, 0.25) is 0 Å². The van der Waals surface area contributed by atoms with Crippen LogP contribution in [-0.4, -0.2) is 19.1 Å². The van der Waals surface area contributed by atoms with E-state index in [2.05, 4.69) is 75.9 Å². The van der Waals surface area contributed by atoms with Crippen LogP contribution in [0.15, 0.2) is 79.0 Å². The van der Waals surface area contributed by atoms with Gasteiger partial charge in [-0.3, -0.25) is 9.55 Å². The molecule has 0 aliphatic heterocycles. The van der Waals surface area contributed by atoms with E-state index in [1.54, 1.807) is 0 Å². The van der Waals surface area contributed by atoms with Crippen LogP contribution in [0, 0.1) is 0 Å². The number of hydrogen-bond donors (Lipinski definition) is 0. The van der Waals surface area contributed by atoms with E-state index < -0.39 is 0 Å². The van der Waals surface area contributed by atoms with Crippen molar-refractivity contribution in [3.05, 3.63) is 79.0 Å². The summed E-state index contributed by atoms with van der Waals surface area (Å²) in [7, 11) is 0. The lowest BCUT2D eigenvalue weighted by Crippen LogP contribution is -2.13. The van der Waals surface area contributed by atoms with Crippen molar-refractivity contribution in [3.63, 3.8) is 0 Å². The highest BCUT2D eigenvalue weighted by atomic mass is 15.1. The second kappa shape index (κ2) is 6.92.